The van der Waals surface area contributed by atoms with Crippen LogP contribution in [0, 0.1) is 0 Å². The molecule has 1 aliphatic heterocycles. The van der Waals surface area contributed by atoms with Crippen molar-refractivity contribution < 1.29 is 4.74 Å². The monoisotopic (exact) mass is 320 g/mol. The van der Waals surface area contributed by atoms with E-state index >= 15 is 0 Å². The summed E-state index contributed by atoms with van der Waals surface area (Å²) >= 11 is 6.02. The number of nitrogens with two attached hydrogens (primary N) is 1. The average molecular weight is 321 g/mol. The van der Waals surface area contributed by atoms with Gasteiger partial charge < -0.3 is 21.1 Å². The Morgan fingerprint density at radius 2 is 2.18 bits per heavy atom. The molecule has 2 aromatic rings. The topological polar surface area (TPSA) is 98.0 Å². The van der Waals surface area contributed by atoms with Crippen molar-refractivity contribution in [1.29, 1.82) is 0 Å². The molecule has 22 heavy (non-hydrogen) atoms. The van der Waals surface area contributed by atoms with Gasteiger partial charge in [0.05, 0.1) is 11.8 Å². The normalized spacial score (nSPS) is 17.4. The van der Waals surface area contributed by atoms with Gasteiger partial charge in [0, 0.05) is 19.3 Å². The van der Waals surface area contributed by atoms with Crippen LogP contribution in [0.15, 0.2) is 24.7 Å². The zero-order chi connectivity index (χ0) is 15.4. The molecule has 0 spiro atoms. The molecule has 1 aliphatic rings. The molecule has 1 atom stereocenters. The molecule has 0 amide bonds. The minimum Gasteiger partial charge on any atom is -0.393 e. The number of nitrogen functional groups attached to an aromatic ring is 1. The summed E-state index contributed by atoms with van der Waals surface area (Å²) in [7, 11) is 0. The summed E-state index contributed by atoms with van der Waals surface area (Å²) in [5, 5.41) is 6.63. The standard InChI is InChI=1S/C14H17ClN6O/c15-12-10(4-1-5-17-12)21-14-11(16)13(19-8-20-14)18-7-9-3-2-6-22-9/h1,4-5,8-9H,2-3,6-7,16H2,(H2,18,19,20,21). The number of anilines is 4. The number of halogens is 1. The van der Waals surface area contributed by atoms with Gasteiger partial charge in [-0.15, -0.1) is 0 Å². The minimum absolute atomic E-state index is 0.207. The first kappa shape index (κ1) is 14.8. The Labute approximate surface area is 133 Å². The molecule has 116 valence electrons. The number of nitrogens with one attached hydrogen (secondary N) is 2. The van der Waals surface area contributed by atoms with Crippen LogP contribution in [-0.2, 0) is 4.74 Å². The molecule has 4 N–H and O–H groups in total. The first-order valence-corrected chi connectivity index (χ1v) is 7.45. The summed E-state index contributed by atoms with van der Waals surface area (Å²) in [6.07, 6.45) is 5.41. The molecule has 3 heterocycles. The van der Waals surface area contributed by atoms with E-state index in [-0.39, 0.29) is 6.10 Å². The molecule has 0 radical (unpaired) electrons. The zero-order valence-electron chi connectivity index (χ0n) is 11.9. The van der Waals surface area contributed by atoms with E-state index in [0.717, 1.165) is 19.4 Å². The van der Waals surface area contributed by atoms with Gasteiger partial charge in [0.1, 0.15) is 12.0 Å². The highest BCUT2D eigenvalue weighted by Crippen LogP contribution is 2.28. The van der Waals surface area contributed by atoms with Crippen LogP contribution >= 0.6 is 11.6 Å². The van der Waals surface area contributed by atoms with Crippen LogP contribution in [0.2, 0.25) is 5.15 Å². The molecule has 1 fully saturated rings. The van der Waals surface area contributed by atoms with Gasteiger partial charge in [-0.1, -0.05) is 11.6 Å². The fourth-order valence-corrected chi connectivity index (χ4v) is 2.43. The Bertz CT molecular complexity index is 647. The number of rotatable bonds is 5. The van der Waals surface area contributed by atoms with E-state index in [0.29, 0.717) is 34.7 Å². The van der Waals surface area contributed by atoms with Crippen molar-refractivity contribution in [1.82, 2.24) is 15.0 Å². The van der Waals surface area contributed by atoms with Crippen molar-refractivity contribution in [2.75, 3.05) is 29.5 Å². The van der Waals surface area contributed by atoms with Crippen LogP contribution in [0.4, 0.5) is 23.0 Å². The van der Waals surface area contributed by atoms with Gasteiger partial charge in [-0.2, -0.15) is 0 Å². The van der Waals surface area contributed by atoms with E-state index < -0.39 is 0 Å². The highest BCUT2D eigenvalue weighted by atomic mass is 35.5. The fourth-order valence-electron chi connectivity index (χ4n) is 2.26. The van der Waals surface area contributed by atoms with Crippen LogP contribution in [-0.4, -0.2) is 34.2 Å². The Balaban J connectivity index is 1.72. The van der Waals surface area contributed by atoms with Crippen molar-refractivity contribution in [2.24, 2.45) is 0 Å². The van der Waals surface area contributed by atoms with Crippen LogP contribution < -0.4 is 16.4 Å². The summed E-state index contributed by atoms with van der Waals surface area (Å²) in [6.45, 7) is 1.49. The Hall–Kier alpha value is -2.12. The smallest absolute Gasteiger partial charge is 0.159 e. The first-order valence-electron chi connectivity index (χ1n) is 7.07. The minimum atomic E-state index is 0.207. The molecule has 3 rings (SSSR count). The van der Waals surface area contributed by atoms with Gasteiger partial charge in [0.25, 0.3) is 0 Å². The van der Waals surface area contributed by atoms with Crippen molar-refractivity contribution in [3.63, 3.8) is 0 Å². The van der Waals surface area contributed by atoms with Gasteiger partial charge in [-0.05, 0) is 25.0 Å². The van der Waals surface area contributed by atoms with Gasteiger partial charge in [-0.25, -0.2) is 15.0 Å². The van der Waals surface area contributed by atoms with E-state index in [1.54, 1.807) is 18.3 Å². The lowest BCUT2D eigenvalue weighted by Crippen LogP contribution is -2.20. The summed E-state index contributed by atoms with van der Waals surface area (Å²) in [5.41, 5.74) is 7.18. The van der Waals surface area contributed by atoms with Gasteiger partial charge in [0.15, 0.2) is 16.8 Å². The molecule has 0 saturated carbocycles. The fraction of sp³-hybridized carbons (Fsp3) is 0.357. The van der Waals surface area contributed by atoms with E-state index in [9.17, 15) is 0 Å². The second-order valence-electron chi connectivity index (χ2n) is 4.97. The number of hydrogen-bond acceptors (Lipinski definition) is 7. The quantitative estimate of drug-likeness (QED) is 0.728. The second-order valence-corrected chi connectivity index (χ2v) is 5.33. The van der Waals surface area contributed by atoms with Crippen LogP contribution in [0.25, 0.3) is 0 Å². The summed E-state index contributed by atoms with van der Waals surface area (Å²) < 4.78 is 5.57. The number of pyridine rings is 1. The molecule has 1 unspecified atom stereocenters. The number of nitrogens with zero attached hydrogens (tertiary/aromatic N) is 3. The second kappa shape index (κ2) is 6.76. The predicted octanol–water partition coefficient (Wildman–Crippen LogP) is 2.44. The van der Waals surface area contributed by atoms with E-state index in [2.05, 4.69) is 25.6 Å². The highest BCUT2D eigenvalue weighted by Gasteiger charge is 2.16. The maximum Gasteiger partial charge on any atom is 0.159 e. The van der Waals surface area contributed by atoms with Crippen LogP contribution in [0.1, 0.15) is 12.8 Å². The zero-order valence-corrected chi connectivity index (χ0v) is 12.7. The van der Waals surface area contributed by atoms with Crippen molar-refractivity contribution in [2.45, 2.75) is 18.9 Å². The third-order valence-corrected chi connectivity index (χ3v) is 3.72. The Kier molecular flexibility index (Phi) is 4.55. The summed E-state index contributed by atoms with van der Waals surface area (Å²) in [4.78, 5) is 12.3. The molecular formula is C14H17ClN6O. The maximum absolute atomic E-state index is 6.11. The largest absolute Gasteiger partial charge is 0.393 e. The molecule has 1 saturated heterocycles. The lowest BCUT2D eigenvalue weighted by atomic mass is 10.2. The van der Waals surface area contributed by atoms with Gasteiger partial charge >= 0.3 is 0 Å². The maximum atomic E-state index is 6.11. The summed E-state index contributed by atoms with van der Waals surface area (Å²) in [6, 6.07) is 3.58. The third-order valence-electron chi connectivity index (χ3n) is 3.42. The number of aromatic nitrogens is 3. The molecule has 0 bridgehead atoms. The van der Waals surface area contributed by atoms with E-state index in [1.165, 1.54) is 6.33 Å². The molecule has 0 aromatic carbocycles. The van der Waals surface area contributed by atoms with Crippen LogP contribution in [0.3, 0.4) is 0 Å². The van der Waals surface area contributed by atoms with Gasteiger partial charge in [-0.3, -0.25) is 0 Å². The molecular weight excluding hydrogens is 304 g/mol. The van der Waals surface area contributed by atoms with Crippen molar-refractivity contribution >= 4 is 34.6 Å². The average Bonchev–Trinajstić information content (AvgIpc) is 3.04. The first-order chi connectivity index (χ1) is 10.7. The van der Waals surface area contributed by atoms with Crippen molar-refractivity contribution in [3.8, 4) is 0 Å². The third kappa shape index (κ3) is 3.37. The highest BCUT2D eigenvalue weighted by molar-refractivity contribution is 6.32. The molecule has 2 aromatic heterocycles. The SMILES string of the molecule is Nc1c(NCC2CCCO2)ncnc1Nc1cccnc1Cl. The molecule has 0 aliphatic carbocycles. The lowest BCUT2D eigenvalue weighted by Gasteiger charge is -2.15. The van der Waals surface area contributed by atoms with E-state index in [1.807, 2.05) is 0 Å². The predicted molar refractivity (Wildman–Crippen MR) is 86.4 cm³/mol. The van der Waals surface area contributed by atoms with Crippen molar-refractivity contribution in [3.05, 3.63) is 29.8 Å². The number of ether oxygens (including phenoxy) is 1. The van der Waals surface area contributed by atoms with Crippen LogP contribution in [0.5, 0.6) is 0 Å². The Morgan fingerprint density at radius 1 is 1.32 bits per heavy atom. The Morgan fingerprint density at radius 3 is 2.95 bits per heavy atom. The molecule has 7 nitrogen and oxygen atoms in total. The summed E-state index contributed by atoms with van der Waals surface area (Å²) in [5.74, 6) is 1.06. The van der Waals surface area contributed by atoms with Gasteiger partial charge in [0.2, 0.25) is 0 Å². The van der Waals surface area contributed by atoms with E-state index in [4.69, 9.17) is 22.1 Å². The molecule has 8 heteroatoms. The number of hydrogen-bond donors (Lipinski definition) is 3. The lowest BCUT2D eigenvalue weighted by molar-refractivity contribution is 0.120.